The summed E-state index contributed by atoms with van der Waals surface area (Å²) in [6, 6.07) is 7.93. The van der Waals surface area contributed by atoms with Crippen LogP contribution < -0.4 is 10.6 Å². The second-order valence-corrected chi connectivity index (χ2v) is 5.53. The number of carbonyl (C=O) groups is 1. The standard InChI is InChI=1S/C16H21N5O/c1-13-10-18-12-21(13)11-14-3-2-4-15(9-14)19-16(22)20-7-5-17-6-8-20/h2-4,9-10,12,17H,5-8,11H2,1H3,(H,19,22). The molecule has 1 saturated heterocycles. The number of carbonyl (C=O) groups excluding carboxylic acids is 1. The van der Waals surface area contributed by atoms with Crippen LogP contribution in [0.15, 0.2) is 36.8 Å². The number of urea groups is 1. The number of imidazole rings is 1. The molecule has 0 saturated carbocycles. The molecule has 2 aromatic rings. The van der Waals surface area contributed by atoms with E-state index in [1.54, 1.807) is 0 Å². The lowest BCUT2D eigenvalue weighted by atomic mass is 10.2. The van der Waals surface area contributed by atoms with Gasteiger partial charge in [-0.3, -0.25) is 0 Å². The average Bonchev–Trinajstić information content (AvgIpc) is 2.94. The van der Waals surface area contributed by atoms with Gasteiger partial charge in [0.2, 0.25) is 0 Å². The van der Waals surface area contributed by atoms with E-state index in [2.05, 4.69) is 26.3 Å². The molecule has 0 unspecified atom stereocenters. The Kier molecular flexibility index (Phi) is 4.39. The molecule has 1 aliphatic rings. The number of aryl methyl sites for hydroxylation is 1. The molecule has 0 spiro atoms. The van der Waals surface area contributed by atoms with Crippen molar-refractivity contribution in [2.75, 3.05) is 31.5 Å². The highest BCUT2D eigenvalue weighted by molar-refractivity contribution is 5.89. The Hall–Kier alpha value is -2.34. The zero-order valence-electron chi connectivity index (χ0n) is 12.7. The molecule has 0 atom stereocenters. The normalized spacial score (nSPS) is 14.9. The van der Waals surface area contributed by atoms with Crippen LogP contribution in [0.1, 0.15) is 11.3 Å². The maximum atomic E-state index is 12.2. The first kappa shape index (κ1) is 14.6. The van der Waals surface area contributed by atoms with Gasteiger partial charge in [0.1, 0.15) is 0 Å². The molecule has 1 aromatic heterocycles. The molecular weight excluding hydrogens is 278 g/mol. The van der Waals surface area contributed by atoms with Crippen molar-refractivity contribution in [3.05, 3.63) is 48.0 Å². The summed E-state index contributed by atoms with van der Waals surface area (Å²) >= 11 is 0. The number of piperazine rings is 1. The molecule has 22 heavy (non-hydrogen) atoms. The second-order valence-electron chi connectivity index (χ2n) is 5.53. The zero-order valence-corrected chi connectivity index (χ0v) is 12.7. The van der Waals surface area contributed by atoms with Crippen LogP contribution in [0.2, 0.25) is 0 Å². The fraction of sp³-hybridized carbons (Fsp3) is 0.375. The van der Waals surface area contributed by atoms with Crippen molar-refractivity contribution in [1.29, 1.82) is 0 Å². The largest absolute Gasteiger partial charge is 0.330 e. The molecular formula is C16H21N5O. The van der Waals surface area contributed by atoms with E-state index in [-0.39, 0.29) is 6.03 Å². The molecule has 3 rings (SSSR count). The monoisotopic (exact) mass is 299 g/mol. The summed E-state index contributed by atoms with van der Waals surface area (Å²) in [6.07, 6.45) is 3.66. The summed E-state index contributed by atoms with van der Waals surface area (Å²) < 4.78 is 2.08. The van der Waals surface area contributed by atoms with Gasteiger partial charge in [-0.2, -0.15) is 0 Å². The van der Waals surface area contributed by atoms with Crippen molar-refractivity contribution in [2.24, 2.45) is 0 Å². The van der Waals surface area contributed by atoms with E-state index in [0.29, 0.717) is 0 Å². The summed E-state index contributed by atoms with van der Waals surface area (Å²) in [5.74, 6) is 0. The van der Waals surface area contributed by atoms with Crippen LogP contribution >= 0.6 is 0 Å². The molecule has 116 valence electrons. The first-order valence-corrected chi connectivity index (χ1v) is 7.55. The average molecular weight is 299 g/mol. The van der Waals surface area contributed by atoms with Crippen molar-refractivity contribution in [1.82, 2.24) is 19.8 Å². The van der Waals surface area contributed by atoms with Gasteiger partial charge in [-0.25, -0.2) is 9.78 Å². The number of benzene rings is 1. The summed E-state index contributed by atoms with van der Waals surface area (Å²) in [7, 11) is 0. The molecule has 6 heteroatoms. The maximum Gasteiger partial charge on any atom is 0.321 e. The van der Waals surface area contributed by atoms with E-state index in [0.717, 1.165) is 49.7 Å². The highest BCUT2D eigenvalue weighted by Crippen LogP contribution is 2.13. The maximum absolute atomic E-state index is 12.2. The van der Waals surface area contributed by atoms with Crippen molar-refractivity contribution < 1.29 is 4.79 Å². The third kappa shape index (κ3) is 3.46. The Morgan fingerprint density at radius 3 is 2.91 bits per heavy atom. The van der Waals surface area contributed by atoms with Crippen molar-refractivity contribution in [3.63, 3.8) is 0 Å². The minimum Gasteiger partial charge on any atom is -0.330 e. The molecule has 0 aliphatic carbocycles. The molecule has 2 heterocycles. The van der Waals surface area contributed by atoms with Crippen LogP contribution in [0.3, 0.4) is 0 Å². The van der Waals surface area contributed by atoms with Gasteiger partial charge in [0.25, 0.3) is 0 Å². The van der Waals surface area contributed by atoms with Crippen LogP contribution in [-0.4, -0.2) is 46.7 Å². The van der Waals surface area contributed by atoms with Gasteiger partial charge in [0, 0.05) is 50.3 Å². The third-order valence-electron chi connectivity index (χ3n) is 3.86. The first-order chi connectivity index (χ1) is 10.7. The highest BCUT2D eigenvalue weighted by atomic mass is 16.2. The fourth-order valence-electron chi connectivity index (χ4n) is 2.57. The smallest absolute Gasteiger partial charge is 0.321 e. The van der Waals surface area contributed by atoms with Gasteiger partial charge in [0.05, 0.1) is 6.33 Å². The van der Waals surface area contributed by atoms with Gasteiger partial charge in [-0.1, -0.05) is 12.1 Å². The SMILES string of the molecule is Cc1cncn1Cc1cccc(NC(=O)N2CCNCC2)c1. The van der Waals surface area contributed by atoms with E-state index >= 15 is 0 Å². The number of nitrogens with zero attached hydrogens (tertiary/aromatic N) is 3. The highest BCUT2D eigenvalue weighted by Gasteiger charge is 2.15. The van der Waals surface area contributed by atoms with Gasteiger partial charge in [-0.15, -0.1) is 0 Å². The van der Waals surface area contributed by atoms with E-state index < -0.39 is 0 Å². The molecule has 1 aromatic carbocycles. The second kappa shape index (κ2) is 6.62. The number of hydrogen-bond acceptors (Lipinski definition) is 3. The summed E-state index contributed by atoms with van der Waals surface area (Å²) in [5.41, 5.74) is 3.09. The fourth-order valence-corrected chi connectivity index (χ4v) is 2.57. The molecule has 0 radical (unpaired) electrons. The van der Waals surface area contributed by atoms with Gasteiger partial charge in [0.15, 0.2) is 0 Å². The Morgan fingerprint density at radius 2 is 2.18 bits per heavy atom. The van der Waals surface area contributed by atoms with E-state index in [9.17, 15) is 4.79 Å². The van der Waals surface area contributed by atoms with Crippen LogP contribution in [0.4, 0.5) is 10.5 Å². The molecule has 1 aliphatic heterocycles. The zero-order chi connectivity index (χ0) is 15.4. The molecule has 2 amide bonds. The van der Waals surface area contributed by atoms with Gasteiger partial charge >= 0.3 is 6.03 Å². The lowest BCUT2D eigenvalue weighted by Crippen LogP contribution is -2.48. The minimum atomic E-state index is -0.0301. The predicted octanol–water partition coefficient (Wildman–Crippen LogP) is 1.68. The molecule has 6 nitrogen and oxygen atoms in total. The molecule has 0 bridgehead atoms. The van der Waals surface area contributed by atoms with E-state index in [1.165, 1.54) is 0 Å². The van der Waals surface area contributed by atoms with Crippen molar-refractivity contribution >= 4 is 11.7 Å². The number of nitrogens with one attached hydrogen (secondary N) is 2. The predicted molar refractivity (Wildman–Crippen MR) is 86.0 cm³/mol. The van der Waals surface area contributed by atoms with Gasteiger partial charge in [-0.05, 0) is 24.6 Å². The van der Waals surface area contributed by atoms with Crippen molar-refractivity contribution in [2.45, 2.75) is 13.5 Å². The topological polar surface area (TPSA) is 62.2 Å². The van der Waals surface area contributed by atoms with Crippen LogP contribution in [-0.2, 0) is 6.54 Å². The lowest BCUT2D eigenvalue weighted by molar-refractivity contribution is 0.204. The summed E-state index contributed by atoms with van der Waals surface area (Å²) in [6.45, 7) is 5.99. The Bertz CT molecular complexity index is 645. The number of rotatable bonds is 3. The van der Waals surface area contributed by atoms with Gasteiger partial charge < -0.3 is 20.1 Å². The lowest BCUT2D eigenvalue weighted by Gasteiger charge is -2.27. The number of aromatic nitrogens is 2. The Morgan fingerprint density at radius 1 is 1.36 bits per heavy atom. The minimum absolute atomic E-state index is 0.0301. The van der Waals surface area contributed by atoms with Crippen LogP contribution in [0, 0.1) is 6.92 Å². The van der Waals surface area contributed by atoms with E-state index in [4.69, 9.17) is 0 Å². The third-order valence-corrected chi connectivity index (χ3v) is 3.86. The quantitative estimate of drug-likeness (QED) is 0.906. The number of anilines is 1. The number of hydrogen-bond donors (Lipinski definition) is 2. The van der Waals surface area contributed by atoms with Crippen LogP contribution in [0.25, 0.3) is 0 Å². The molecule has 1 fully saturated rings. The summed E-state index contributed by atoms with van der Waals surface area (Å²) in [4.78, 5) is 18.2. The number of amides is 2. The Balaban J connectivity index is 1.66. The Labute approximate surface area is 130 Å². The summed E-state index contributed by atoms with van der Waals surface area (Å²) in [5, 5.41) is 6.22. The van der Waals surface area contributed by atoms with Crippen molar-refractivity contribution in [3.8, 4) is 0 Å². The van der Waals surface area contributed by atoms with E-state index in [1.807, 2.05) is 42.5 Å². The van der Waals surface area contributed by atoms with Crippen LogP contribution in [0.5, 0.6) is 0 Å². The molecule has 2 N–H and O–H groups in total. The first-order valence-electron chi connectivity index (χ1n) is 7.55.